The monoisotopic (exact) mass is 267 g/mol. The summed E-state index contributed by atoms with van der Waals surface area (Å²) in [5, 5.41) is 3.44. The molecule has 1 nitrogen and oxygen atoms in total. The molecule has 1 N–H and O–H groups in total. The summed E-state index contributed by atoms with van der Waals surface area (Å²) < 4.78 is 0. The van der Waals surface area contributed by atoms with Gasteiger partial charge in [-0.05, 0) is 43.0 Å². The maximum absolute atomic E-state index is 3.44. The number of nitrogens with one attached hydrogen (secondary N) is 1. The van der Waals surface area contributed by atoms with Crippen molar-refractivity contribution in [3.05, 3.63) is 70.8 Å². The predicted octanol–water partition coefficient (Wildman–Crippen LogP) is 4.50. The molecule has 0 fully saturated rings. The first-order valence-corrected chi connectivity index (χ1v) is 7.43. The molecule has 0 aromatic heterocycles. The molecule has 1 atom stereocenters. The van der Waals surface area contributed by atoms with E-state index in [1.54, 1.807) is 0 Å². The van der Waals surface area contributed by atoms with Crippen LogP contribution in [0.1, 0.15) is 42.1 Å². The number of hydrogen-bond acceptors (Lipinski definition) is 1. The lowest BCUT2D eigenvalue weighted by Gasteiger charge is -2.19. The van der Waals surface area contributed by atoms with Crippen molar-refractivity contribution in [2.24, 2.45) is 5.92 Å². The summed E-state index contributed by atoms with van der Waals surface area (Å²) in [6.45, 7) is 6.68. The van der Waals surface area contributed by atoms with Gasteiger partial charge in [0.2, 0.25) is 0 Å². The Balaban J connectivity index is 2.32. The van der Waals surface area contributed by atoms with Gasteiger partial charge in [0.25, 0.3) is 0 Å². The third-order valence-corrected chi connectivity index (χ3v) is 3.59. The Hall–Kier alpha value is -1.60. The van der Waals surface area contributed by atoms with Gasteiger partial charge in [0.1, 0.15) is 0 Å². The van der Waals surface area contributed by atoms with Crippen molar-refractivity contribution in [3.63, 3.8) is 0 Å². The van der Waals surface area contributed by atoms with Crippen LogP contribution in [0.5, 0.6) is 0 Å². The summed E-state index contributed by atoms with van der Waals surface area (Å²) in [6, 6.07) is 18.0. The molecule has 0 saturated heterocycles. The second-order valence-electron chi connectivity index (χ2n) is 5.98. The molecule has 1 unspecified atom stereocenters. The van der Waals surface area contributed by atoms with Crippen LogP contribution in [-0.2, 0) is 6.42 Å². The third kappa shape index (κ3) is 3.71. The van der Waals surface area contributed by atoms with Gasteiger partial charge >= 0.3 is 0 Å². The van der Waals surface area contributed by atoms with Gasteiger partial charge in [0.15, 0.2) is 0 Å². The van der Waals surface area contributed by atoms with Gasteiger partial charge in [-0.15, -0.1) is 0 Å². The first-order chi connectivity index (χ1) is 9.60. The predicted molar refractivity (Wildman–Crippen MR) is 87.1 cm³/mol. The van der Waals surface area contributed by atoms with E-state index < -0.39 is 0 Å². The highest BCUT2D eigenvalue weighted by atomic mass is 14.9. The Morgan fingerprint density at radius 3 is 2.20 bits per heavy atom. The standard InChI is InChI=1S/C19H25N/c1-14(2)11-16-8-6-10-18(13-16)19(20-4)17-9-5-7-15(3)12-17/h5-10,12-14,19-20H,11H2,1-4H3. The smallest absolute Gasteiger partial charge is 0.0574 e. The van der Waals surface area contributed by atoms with Crippen molar-refractivity contribution < 1.29 is 0 Å². The zero-order valence-corrected chi connectivity index (χ0v) is 13.0. The SMILES string of the molecule is CNC(c1cccc(C)c1)c1cccc(CC(C)C)c1. The molecule has 0 amide bonds. The second-order valence-corrected chi connectivity index (χ2v) is 5.98. The number of aryl methyl sites for hydroxylation is 1. The normalized spacial score (nSPS) is 12.7. The van der Waals surface area contributed by atoms with Crippen LogP contribution in [0.15, 0.2) is 48.5 Å². The van der Waals surface area contributed by atoms with Crippen molar-refractivity contribution in [3.8, 4) is 0 Å². The molecule has 106 valence electrons. The largest absolute Gasteiger partial charge is 0.309 e. The minimum absolute atomic E-state index is 0.266. The van der Waals surface area contributed by atoms with E-state index in [0.29, 0.717) is 5.92 Å². The van der Waals surface area contributed by atoms with Gasteiger partial charge in [0.05, 0.1) is 6.04 Å². The molecule has 0 aliphatic heterocycles. The maximum Gasteiger partial charge on any atom is 0.0574 e. The number of rotatable bonds is 5. The van der Waals surface area contributed by atoms with Crippen LogP contribution in [0.4, 0.5) is 0 Å². The van der Waals surface area contributed by atoms with Crippen molar-refractivity contribution in [2.75, 3.05) is 7.05 Å². The summed E-state index contributed by atoms with van der Waals surface area (Å²) in [5.41, 5.74) is 5.40. The second kappa shape index (κ2) is 6.71. The van der Waals surface area contributed by atoms with E-state index in [4.69, 9.17) is 0 Å². The molecule has 0 aliphatic rings. The highest BCUT2D eigenvalue weighted by Crippen LogP contribution is 2.24. The first kappa shape index (κ1) is 14.8. The molecule has 0 spiro atoms. The molecule has 2 aromatic carbocycles. The van der Waals surface area contributed by atoms with E-state index in [1.165, 1.54) is 22.3 Å². The van der Waals surface area contributed by atoms with Crippen molar-refractivity contribution in [2.45, 2.75) is 33.2 Å². The average molecular weight is 267 g/mol. The molecule has 2 rings (SSSR count). The van der Waals surface area contributed by atoms with E-state index in [0.717, 1.165) is 6.42 Å². The Bertz CT molecular complexity index is 557. The molecule has 0 radical (unpaired) electrons. The van der Waals surface area contributed by atoms with E-state index in [-0.39, 0.29) is 6.04 Å². The van der Waals surface area contributed by atoms with Crippen LogP contribution in [0.2, 0.25) is 0 Å². The summed E-state index contributed by atoms with van der Waals surface area (Å²) in [4.78, 5) is 0. The fraction of sp³-hybridized carbons (Fsp3) is 0.368. The Morgan fingerprint density at radius 1 is 0.950 bits per heavy atom. The molecule has 20 heavy (non-hydrogen) atoms. The Morgan fingerprint density at radius 2 is 1.60 bits per heavy atom. The Kier molecular flexibility index (Phi) is 4.97. The lowest BCUT2D eigenvalue weighted by molar-refractivity contribution is 0.643. The molecule has 2 aromatic rings. The van der Waals surface area contributed by atoms with Crippen molar-refractivity contribution >= 4 is 0 Å². The summed E-state index contributed by atoms with van der Waals surface area (Å²) in [6.07, 6.45) is 1.14. The zero-order valence-electron chi connectivity index (χ0n) is 13.0. The molecule has 0 bridgehead atoms. The van der Waals surface area contributed by atoms with Gasteiger partial charge in [-0.1, -0.05) is 67.9 Å². The first-order valence-electron chi connectivity index (χ1n) is 7.43. The van der Waals surface area contributed by atoms with E-state index in [1.807, 2.05) is 7.05 Å². The minimum Gasteiger partial charge on any atom is -0.309 e. The summed E-state index contributed by atoms with van der Waals surface area (Å²) >= 11 is 0. The Labute approximate surface area is 123 Å². The van der Waals surface area contributed by atoms with Gasteiger partial charge in [-0.25, -0.2) is 0 Å². The number of benzene rings is 2. The van der Waals surface area contributed by atoms with Gasteiger partial charge in [-0.2, -0.15) is 0 Å². The fourth-order valence-corrected chi connectivity index (χ4v) is 2.75. The number of hydrogen-bond donors (Lipinski definition) is 1. The van der Waals surface area contributed by atoms with Crippen LogP contribution >= 0.6 is 0 Å². The van der Waals surface area contributed by atoms with Crippen LogP contribution < -0.4 is 5.32 Å². The van der Waals surface area contributed by atoms with Gasteiger partial charge in [0, 0.05) is 0 Å². The van der Waals surface area contributed by atoms with Gasteiger partial charge < -0.3 is 5.32 Å². The highest BCUT2D eigenvalue weighted by Gasteiger charge is 2.12. The maximum atomic E-state index is 3.44. The average Bonchev–Trinajstić information content (AvgIpc) is 2.39. The van der Waals surface area contributed by atoms with Crippen LogP contribution in [-0.4, -0.2) is 7.05 Å². The third-order valence-electron chi connectivity index (χ3n) is 3.59. The van der Waals surface area contributed by atoms with Crippen LogP contribution in [0.3, 0.4) is 0 Å². The van der Waals surface area contributed by atoms with Crippen molar-refractivity contribution in [1.82, 2.24) is 5.32 Å². The highest BCUT2D eigenvalue weighted by molar-refractivity contribution is 5.36. The minimum atomic E-state index is 0.266. The van der Waals surface area contributed by atoms with E-state index in [2.05, 4.69) is 74.6 Å². The molecule has 0 saturated carbocycles. The molecule has 0 aliphatic carbocycles. The summed E-state index contributed by atoms with van der Waals surface area (Å²) in [5.74, 6) is 0.692. The van der Waals surface area contributed by atoms with Crippen molar-refractivity contribution in [1.29, 1.82) is 0 Å². The van der Waals surface area contributed by atoms with E-state index in [9.17, 15) is 0 Å². The molecular weight excluding hydrogens is 242 g/mol. The van der Waals surface area contributed by atoms with Crippen LogP contribution in [0, 0.1) is 12.8 Å². The summed E-state index contributed by atoms with van der Waals surface area (Å²) in [7, 11) is 2.03. The van der Waals surface area contributed by atoms with Gasteiger partial charge in [-0.3, -0.25) is 0 Å². The zero-order chi connectivity index (χ0) is 14.5. The molecule has 1 heteroatoms. The topological polar surface area (TPSA) is 12.0 Å². The molecule has 0 heterocycles. The quantitative estimate of drug-likeness (QED) is 0.841. The lowest BCUT2D eigenvalue weighted by atomic mass is 9.94. The van der Waals surface area contributed by atoms with E-state index >= 15 is 0 Å². The lowest BCUT2D eigenvalue weighted by Crippen LogP contribution is -2.18. The molecular formula is C19H25N. The van der Waals surface area contributed by atoms with Crippen LogP contribution in [0.25, 0.3) is 0 Å². The fourth-order valence-electron chi connectivity index (χ4n) is 2.75.